The Hall–Kier alpha value is -0.130. The second kappa shape index (κ2) is 3.47. The summed E-state index contributed by atoms with van der Waals surface area (Å²) in [5.74, 6) is 0.513. The predicted octanol–water partition coefficient (Wildman–Crippen LogP) is 0.148. The third kappa shape index (κ3) is 1.81. The second-order valence-electron chi connectivity index (χ2n) is 4.40. The number of hydrogen-bond donors (Lipinski definition) is 1. The number of likely N-dealkylation sites (N-methyl/N-ethyl adjacent to an activating group) is 1. The molecule has 14 heavy (non-hydrogen) atoms. The van der Waals surface area contributed by atoms with E-state index in [-0.39, 0.29) is 11.3 Å². The molecule has 1 atom stereocenters. The van der Waals surface area contributed by atoms with Gasteiger partial charge in [0, 0.05) is 19.6 Å². The number of nitrogens with two attached hydrogens (primary N) is 1. The van der Waals surface area contributed by atoms with Gasteiger partial charge in [0.15, 0.2) is 0 Å². The average Bonchev–Trinajstić information content (AvgIpc) is 2.99. The maximum absolute atomic E-state index is 11.9. The summed E-state index contributed by atoms with van der Waals surface area (Å²) in [5.41, 5.74) is 5.63. The van der Waals surface area contributed by atoms with Crippen molar-refractivity contribution in [3.05, 3.63) is 0 Å². The van der Waals surface area contributed by atoms with Gasteiger partial charge in [0.25, 0.3) is 0 Å². The van der Waals surface area contributed by atoms with E-state index in [1.807, 2.05) is 0 Å². The molecular weight excluding hydrogens is 200 g/mol. The molecule has 5 heteroatoms. The van der Waals surface area contributed by atoms with Gasteiger partial charge in [-0.25, -0.2) is 12.7 Å². The van der Waals surface area contributed by atoms with E-state index < -0.39 is 10.0 Å². The van der Waals surface area contributed by atoms with E-state index in [2.05, 4.69) is 0 Å². The van der Waals surface area contributed by atoms with Crippen molar-refractivity contribution in [3.63, 3.8) is 0 Å². The van der Waals surface area contributed by atoms with Gasteiger partial charge in [0.05, 0.1) is 5.25 Å². The summed E-state index contributed by atoms with van der Waals surface area (Å²) in [6.45, 7) is 0.452. The largest absolute Gasteiger partial charge is 0.329 e. The molecule has 1 unspecified atom stereocenters. The Morgan fingerprint density at radius 1 is 1.36 bits per heavy atom. The first-order valence-corrected chi connectivity index (χ1v) is 6.74. The molecule has 2 aliphatic carbocycles. The average molecular weight is 218 g/mol. The molecule has 0 saturated heterocycles. The Bertz CT molecular complexity index is 307. The molecule has 0 aromatic carbocycles. The van der Waals surface area contributed by atoms with Crippen molar-refractivity contribution in [2.24, 2.45) is 11.7 Å². The highest BCUT2D eigenvalue weighted by Crippen LogP contribution is 2.38. The maximum atomic E-state index is 11.9. The summed E-state index contributed by atoms with van der Waals surface area (Å²) in [4.78, 5) is 0. The Kier molecular flexibility index (Phi) is 2.57. The molecule has 0 spiro atoms. The van der Waals surface area contributed by atoms with Crippen LogP contribution < -0.4 is 5.73 Å². The molecule has 0 aliphatic heterocycles. The van der Waals surface area contributed by atoms with E-state index >= 15 is 0 Å². The third-order valence-electron chi connectivity index (χ3n) is 3.22. The van der Waals surface area contributed by atoms with Crippen LogP contribution >= 0.6 is 0 Å². The van der Waals surface area contributed by atoms with Gasteiger partial charge in [-0.3, -0.25) is 0 Å². The van der Waals surface area contributed by atoms with Crippen molar-refractivity contribution in [1.82, 2.24) is 4.31 Å². The van der Waals surface area contributed by atoms with Crippen molar-refractivity contribution in [3.8, 4) is 0 Å². The molecule has 0 bridgehead atoms. The van der Waals surface area contributed by atoms with Gasteiger partial charge < -0.3 is 5.73 Å². The Labute approximate surface area is 85.5 Å². The fourth-order valence-electron chi connectivity index (χ4n) is 1.91. The van der Waals surface area contributed by atoms with Crippen LogP contribution in [0.15, 0.2) is 0 Å². The van der Waals surface area contributed by atoms with Gasteiger partial charge in [-0.1, -0.05) is 0 Å². The third-order valence-corrected chi connectivity index (χ3v) is 5.61. The fourth-order valence-corrected chi connectivity index (χ4v) is 3.75. The molecule has 2 aliphatic rings. The van der Waals surface area contributed by atoms with Crippen molar-refractivity contribution in [2.75, 3.05) is 13.6 Å². The zero-order chi connectivity index (χ0) is 10.3. The summed E-state index contributed by atoms with van der Waals surface area (Å²) in [6.07, 6.45) is 3.92. The molecule has 2 N–H and O–H groups in total. The number of rotatable bonds is 5. The smallest absolute Gasteiger partial charge is 0.217 e. The van der Waals surface area contributed by atoms with Crippen LogP contribution in [0, 0.1) is 5.92 Å². The van der Waals surface area contributed by atoms with E-state index in [0.717, 1.165) is 25.7 Å². The lowest BCUT2D eigenvalue weighted by Gasteiger charge is -2.26. The van der Waals surface area contributed by atoms with Gasteiger partial charge in [-0.05, 0) is 31.6 Å². The lowest BCUT2D eigenvalue weighted by Crippen LogP contribution is -2.44. The van der Waals surface area contributed by atoms with Crippen LogP contribution in [0.4, 0.5) is 0 Å². The molecule has 2 rings (SSSR count). The van der Waals surface area contributed by atoms with Crippen LogP contribution in [0.5, 0.6) is 0 Å². The van der Waals surface area contributed by atoms with Crippen molar-refractivity contribution in [1.29, 1.82) is 0 Å². The van der Waals surface area contributed by atoms with Gasteiger partial charge in [0.2, 0.25) is 10.0 Å². The molecule has 82 valence electrons. The van der Waals surface area contributed by atoms with Crippen LogP contribution in [0.1, 0.15) is 25.7 Å². The molecule has 0 amide bonds. The van der Waals surface area contributed by atoms with Gasteiger partial charge >= 0.3 is 0 Å². The molecule has 2 fully saturated rings. The predicted molar refractivity (Wildman–Crippen MR) is 55.3 cm³/mol. The number of nitrogens with zero attached hydrogens (tertiary/aromatic N) is 1. The van der Waals surface area contributed by atoms with Crippen LogP contribution in [0.25, 0.3) is 0 Å². The minimum absolute atomic E-state index is 0.0422. The highest BCUT2D eigenvalue weighted by atomic mass is 32.2. The summed E-state index contributed by atoms with van der Waals surface area (Å²) < 4.78 is 25.3. The molecule has 4 nitrogen and oxygen atoms in total. The monoisotopic (exact) mass is 218 g/mol. The molecule has 0 heterocycles. The lowest BCUT2D eigenvalue weighted by atomic mass is 10.2. The summed E-state index contributed by atoms with van der Waals surface area (Å²) in [5, 5.41) is -0.111. The van der Waals surface area contributed by atoms with E-state index in [1.165, 1.54) is 4.31 Å². The molecule has 0 radical (unpaired) electrons. The van der Waals surface area contributed by atoms with Crippen molar-refractivity contribution >= 4 is 10.0 Å². The highest BCUT2D eigenvalue weighted by Gasteiger charge is 2.44. The first-order chi connectivity index (χ1) is 6.57. The van der Waals surface area contributed by atoms with Crippen LogP contribution in [0.3, 0.4) is 0 Å². The van der Waals surface area contributed by atoms with E-state index in [0.29, 0.717) is 12.5 Å². The summed E-state index contributed by atoms with van der Waals surface area (Å²) in [7, 11) is -1.34. The fraction of sp³-hybridized carbons (Fsp3) is 1.00. The van der Waals surface area contributed by atoms with Gasteiger partial charge in [0.1, 0.15) is 0 Å². The second-order valence-corrected chi connectivity index (χ2v) is 6.67. The molecule has 0 aromatic heterocycles. The van der Waals surface area contributed by atoms with E-state index in [4.69, 9.17) is 5.73 Å². The number of hydrogen-bond acceptors (Lipinski definition) is 3. The molecular formula is C9H18N2O2S. The maximum Gasteiger partial charge on any atom is 0.217 e. The lowest BCUT2D eigenvalue weighted by molar-refractivity contribution is 0.340. The first-order valence-electron chi connectivity index (χ1n) is 5.24. The van der Waals surface area contributed by atoms with Gasteiger partial charge in [-0.2, -0.15) is 0 Å². The molecule has 0 aromatic rings. The summed E-state index contributed by atoms with van der Waals surface area (Å²) in [6, 6.07) is 0.0422. The van der Waals surface area contributed by atoms with Crippen LogP contribution in [-0.4, -0.2) is 37.6 Å². The highest BCUT2D eigenvalue weighted by molar-refractivity contribution is 7.90. The van der Waals surface area contributed by atoms with Gasteiger partial charge in [-0.15, -0.1) is 0 Å². The Balaban J connectivity index is 2.07. The summed E-state index contributed by atoms with van der Waals surface area (Å²) >= 11 is 0. The van der Waals surface area contributed by atoms with Crippen LogP contribution in [-0.2, 0) is 10.0 Å². The van der Waals surface area contributed by atoms with Crippen LogP contribution in [0.2, 0.25) is 0 Å². The quantitative estimate of drug-likeness (QED) is 0.714. The minimum Gasteiger partial charge on any atom is -0.329 e. The van der Waals surface area contributed by atoms with E-state index in [9.17, 15) is 8.42 Å². The van der Waals surface area contributed by atoms with E-state index in [1.54, 1.807) is 7.05 Å². The zero-order valence-electron chi connectivity index (χ0n) is 8.52. The normalized spacial score (nSPS) is 25.4. The standard InChI is InChI=1S/C9H18N2O2S/c1-11(9(6-10)7-2-3-7)14(12,13)8-4-5-8/h7-9H,2-6,10H2,1H3. The van der Waals surface area contributed by atoms with Crippen molar-refractivity contribution in [2.45, 2.75) is 37.0 Å². The Morgan fingerprint density at radius 3 is 2.29 bits per heavy atom. The first kappa shape index (κ1) is 10.4. The zero-order valence-corrected chi connectivity index (χ0v) is 9.33. The topological polar surface area (TPSA) is 63.4 Å². The molecule has 2 saturated carbocycles. The number of sulfonamides is 1. The Morgan fingerprint density at radius 2 is 1.93 bits per heavy atom. The van der Waals surface area contributed by atoms with Crippen molar-refractivity contribution < 1.29 is 8.42 Å². The SMILES string of the molecule is CN(C(CN)C1CC1)S(=O)(=O)C1CC1. The minimum atomic E-state index is -3.03.